The normalized spacial score (nSPS) is 11.8. The molecule has 0 saturated heterocycles. The van der Waals surface area contributed by atoms with Gasteiger partial charge in [-0.2, -0.15) is 0 Å². The van der Waals surface area contributed by atoms with Gasteiger partial charge in [0.2, 0.25) is 5.91 Å². The summed E-state index contributed by atoms with van der Waals surface area (Å²) in [5.74, 6) is 1.97. The molecule has 0 fully saturated rings. The Kier molecular flexibility index (Phi) is 8.41. The van der Waals surface area contributed by atoms with Crippen LogP contribution >= 0.6 is 0 Å². The number of carbonyl (C=O) groups is 1. The molecule has 1 N–H and O–H groups in total. The molecule has 1 rings (SSSR count). The van der Waals surface area contributed by atoms with E-state index in [4.69, 9.17) is 9.47 Å². The van der Waals surface area contributed by atoms with Gasteiger partial charge in [0.1, 0.15) is 0 Å². The Morgan fingerprint density at radius 2 is 1.91 bits per heavy atom. The highest BCUT2D eigenvalue weighted by molar-refractivity contribution is 5.78. The molecule has 0 saturated carbocycles. The van der Waals surface area contributed by atoms with Gasteiger partial charge in [-0.15, -0.1) is 0 Å². The van der Waals surface area contributed by atoms with Gasteiger partial charge in [-0.3, -0.25) is 4.79 Å². The van der Waals surface area contributed by atoms with Crippen LogP contribution in [0.3, 0.4) is 0 Å². The number of hydrogen-bond acceptors (Lipinski definition) is 3. The first kappa shape index (κ1) is 18.3. The number of unbranched alkanes of at least 4 members (excludes halogenated alkanes) is 1. The van der Waals surface area contributed by atoms with E-state index in [9.17, 15) is 4.79 Å². The van der Waals surface area contributed by atoms with Gasteiger partial charge in [-0.05, 0) is 30.0 Å². The largest absolute Gasteiger partial charge is 0.493 e. The van der Waals surface area contributed by atoms with Crippen molar-refractivity contribution in [1.82, 2.24) is 5.32 Å². The number of nitrogens with one attached hydrogen (secondary N) is 1. The van der Waals surface area contributed by atoms with Crippen molar-refractivity contribution in [3.05, 3.63) is 23.8 Å². The van der Waals surface area contributed by atoms with E-state index >= 15 is 0 Å². The van der Waals surface area contributed by atoms with Crippen molar-refractivity contribution in [2.45, 2.75) is 46.0 Å². The standard InChI is InChI=1S/C18H29NO3/c1-5-7-8-14(6-2)13-19-18(20)12-15-9-10-16(21-3)17(11-15)22-4/h9-11,14H,5-8,12-13H2,1-4H3,(H,19,20)/t14-/m0/s1. The number of hydrogen-bond donors (Lipinski definition) is 1. The van der Waals surface area contributed by atoms with E-state index in [-0.39, 0.29) is 5.91 Å². The fourth-order valence-corrected chi connectivity index (χ4v) is 2.44. The van der Waals surface area contributed by atoms with E-state index in [2.05, 4.69) is 19.2 Å². The van der Waals surface area contributed by atoms with Crippen molar-refractivity contribution in [1.29, 1.82) is 0 Å². The van der Waals surface area contributed by atoms with Crippen LogP contribution in [0.2, 0.25) is 0 Å². The molecule has 0 aromatic heterocycles. The van der Waals surface area contributed by atoms with Gasteiger partial charge in [0, 0.05) is 6.54 Å². The van der Waals surface area contributed by atoms with Gasteiger partial charge >= 0.3 is 0 Å². The van der Waals surface area contributed by atoms with E-state index in [1.165, 1.54) is 19.3 Å². The number of benzene rings is 1. The van der Waals surface area contributed by atoms with E-state index in [0.29, 0.717) is 23.8 Å². The highest BCUT2D eigenvalue weighted by Crippen LogP contribution is 2.27. The summed E-state index contributed by atoms with van der Waals surface area (Å²) in [4.78, 5) is 12.1. The maximum Gasteiger partial charge on any atom is 0.224 e. The first-order valence-electron chi connectivity index (χ1n) is 8.12. The zero-order valence-corrected chi connectivity index (χ0v) is 14.3. The molecule has 1 amide bonds. The molecule has 1 aromatic carbocycles. The fourth-order valence-electron chi connectivity index (χ4n) is 2.44. The lowest BCUT2D eigenvalue weighted by Crippen LogP contribution is -2.30. The van der Waals surface area contributed by atoms with Crippen LogP contribution < -0.4 is 14.8 Å². The minimum atomic E-state index is 0.0576. The molecule has 1 atom stereocenters. The molecule has 124 valence electrons. The molecule has 0 bridgehead atoms. The summed E-state index contributed by atoms with van der Waals surface area (Å²) in [5, 5.41) is 3.05. The van der Waals surface area contributed by atoms with Crippen molar-refractivity contribution in [3.8, 4) is 11.5 Å². The Labute approximate surface area is 134 Å². The number of ether oxygens (including phenoxy) is 2. The SMILES string of the molecule is CCCC[C@H](CC)CNC(=O)Cc1ccc(OC)c(OC)c1. The number of carbonyl (C=O) groups excluding carboxylic acids is 1. The van der Waals surface area contributed by atoms with Gasteiger partial charge in [0.15, 0.2) is 11.5 Å². The third-order valence-electron chi connectivity index (χ3n) is 3.94. The summed E-state index contributed by atoms with van der Waals surface area (Å²) in [5.41, 5.74) is 0.928. The van der Waals surface area contributed by atoms with Crippen LogP contribution in [0.15, 0.2) is 18.2 Å². The van der Waals surface area contributed by atoms with Crippen molar-refractivity contribution in [2.24, 2.45) is 5.92 Å². The minimum absolute atomic E-state index is 0.0576. The number of methoxy groups -OCH3 is 2. The Balaban J connectivity index is 2.50. The summed E-state index contributed by atoms with van der Waals surface area (Å²) >= 11 is 0. The Morgan fingerprint density at radius 3 is 2.50 bits per heavy atom. The average molecular weight is 307 g/mol. The van der Waals surface area contributed by atoms with E-state index in [0.717, 1.165) is 18.5 Å². The first-order valence-corrected chi connectivity index (χ1v) is 8.12. The van der Waals surface area contributed by atoms with Crippen LogP contribution in [0.25, 0.3) is 0 Å². The van der Waals surface area contributed by atoms with Crippen LogP contribution in [0.1, 0.15) is 45.1 Å². The molecule has 0 radical (unpaired) electrons. The maximum absolute atomic E-state index is 12.1. The summed E-state index contributed by atoms with van der Waals surface area (Å²) in [6, 6.07) is 5.58. The Bertz CT molecular complexity index is 460. The highest BCUT2D eigenvalue weighted by atomic mass is 16.5. The van der Waals surface area contributed by atoms with Crippen molar-refractivity contribution in [2.75, 3.05) is 20.8 Å². The molecule has 0 spiro atoms. The third kappa shape index (κ3) is 5.96. The molecule has 1 aromatic rings. The fraction of sp³-hybridized carbons (Fsp3) is 0.611. The summed E-state index contributed by atoms with van der Waals surface area (Å²) in [6.45, 7) is 5.14. The van der Waals surface area contributed by atoms with Gasteiger partial charge < -0.3 is 14.8 Å². The van der Waals surface area contributed by atoms with E-state index < -0.39 is 0 Å². The second kappa shape index (κ2) is 10.1. The van der Waals surface area contributed by atoms with Crippen molar-refractivity contribution in [3.63, 3.8) is 0 Å². The van der Waals surface area contributed by atoms with Gasteiger partial charge in [0.25, 0.3) is 0 Å². The van der Waals surface area contributed by atoms with Gasteiger partial charge in [-0.1, -0.05) is 39.2 Å². The molecular formula is C18H29NO3. The number of amides is 1. The van der Waals surface area contributed by atoms with Crippen molar-refractivity contribution >= 4 is 5.91 Å². The summed E-state index contributed by atoms with van der Waals surface area (Å²) in [6.07, 6.45) is 5.09. The number of rotatable bonds is 10. The second-order valence-corrected chi connectivity index (χ2v) is 5.59. The first-order chi connectivity index (χ1) is 10.6. The molecule has 0 aliphatic rings. The maximum atomic E-state index is 12.1. The smallest absolute Gasteiger partial charge is 0.224 e. The lowest BCUT2D eigenvalue weighted by atomic mass is 9.99. The summed E-state index contributed by atoms with van der Waals surface area (Å²) in [7, 11) is 3.20. The lowest BCUT2D eigenvalue weighted by molar-refractivity contribution is -0.120. The molecule has 4 nitrogen and oxygen atoms in total. The topological polar surface area (TPSA) is 47.6 Å². The summed E-state index contributed by atoms with van der Waals surface area (Å²) < 4.78 is 10.5. The molecular weight excluding hydrogens is 278 g/mol. The van der Waals surface area contributed by atoms with Crippen LogP contribution in [0.5, 0.6) is 11.5 Å². The predicted octanol–water partition coefficient (Wildman–Crippen LogP) is 3.58. The monoisotopic (exact) mass is 307 g/mol. The quantitative estimate of drug-likeness (QED) is 0.719. The van der Waals surface area contributed by atoms with Crippen LogP contribution in [-0.2, 0) is 11.2 Å². The molecule has 0 aliphatic carbocycles. The molecule has 4 heteroatoms. The molecule has 22 heavy (non-hydrogen) atoms. The van der Waals surface area contributed by atoms with Gasteiger partial charge in [0.05, 0.1) is 20.6 Å². The second-order valence-electron chi connectivity index (χ2n) is 5.59. The van der Waals surface area contributed by atoms with Crippen LogP contribution in [0, 0.1) is 5.92 Å². The zero-order valence-electron chi connectivity index (χ0n) is 14.3. The van der Waals surface area contributed by atoms with Gasteiger partial charge in [-0.25, -0.2) is 0 Å². The third-order valence-corrected chi connectivity index (χ3v) is 3.94. The van der Waals surface area contributed by atoms with Crippen LogP contribution in [0.4, 0.5) is 0 Å². The van der Waals surface area contributed by atoms with E-state index in [1.54, 1.807) is 14.2 Å². The Morgan fingerprint density at radius 1 is 1.18 bits per heavy atom. The molecule has 0 aliphatic heterocycles. The van der Waals surface area contributed by atoms with Crippen LogP contribution in [-0.4, -0.2) is 26.7 Å². The average Bonchev–Trinajstić information content (AvgIpc) is 2.54. The molecule has 0 heterocycles. The minimum Gasteiger partial charge on any atom is -0.493 e. The Hall–Kier alpha value is -1.71. The van der Waals surface area contributed by atoms with E-state index in [1.807, 2.05) is 18.2 Å². The lowest BCUT2D eigenvalue weighted by Gasteiger charge is -2.15. The zero-order chi connectivity index (χ0) is 16.4. The predicted molar refractivity (Wildman–Crippen MR) is 89.6 cm³/mol. The molecule has 0 unspecified atom stereocenters. The highest BCUT2D eigenvalue weighted by Gasteiger charge is 2.10. The van der Waals surface area contributed by atoms with Crippen molar-refractivity contribution < 1.29 is 14.3 Å².